The maximum atomic E-state index is 5.98. The van der Waals surface area contributed by atoms with E-state index in [1.165, 1.54) is 0 Å². The second-order valence-corrected chi connectivity index (χ2v) is 4.91. The van der Waals surface area contributed by atoms with Crippen LogP contribution in [0, 0.1) is 9.49 Å². The molecule has 0 saturated heterocycles. The Morgan fingerprint density at radius 2 is 2.15 bits per heavy atom. The van der Waals surface area contributed by atoms with Gasteiger partial charge in [-0.05, 0) is 34.6 Å². The average molecular weight is 311 g/mol. The van der Waals surface area contributed by atoms with Crippen molar-refractivity contribution in [1.82, 2.24) is 4.98 Å². The Labute approximate surface area is 97.0 Å². The van der Waals surface area contributed by atoms with E-state index < -0.39 is 0 Å². The van der Waals surface area contributed by atoms with Crippen molar-refractivity contribution in [2.24, 2.45) is 11.7 Å². The summed E-state index contributed by atoms with van der Waals surface area (Å²) in [5, 5.41) is 0.515. The molecule has 0 amide bonds. The second-order valence-electron chi connectivity index (χ2n) is 3.30. The Balaban J connectivity index is 3.05. The quantitative estimate of drug-likeness (QED) is 0.674. The monoisotopic (exact) mass is 310 g/mol. The lowest BCUT2D eigenvalue weighted by Crippen LogP contribution is -2.17. The van der Waals surface area contributed by atoms with Crippen LogP contribution in [0.4, 0.5) is 0 Å². The van der Waals surface area contributed by atoms with Gasteiger partial charge in [-0.3, -0.25) is 0 Å². The standard InChI is InChI=1S/C9H12ClIN2/c1-5(2)8(12)7-3-6(11)4-13-9(7)10/h3-5,8H,12H2,1-2H3. The Morgan fingerprint density at radius 1 is 1.54 bits per heavy atom. The number of pyridine rings is 1. The maximum absolute atomic E-state index is 5.98. The lowest BCUT2D eigenvalue weighted by Gasteiger charge is -2.16. The molecule has 1 rings (SSSR count). The fourth-order valence-corrected chi connectivity index (χ4v) is 1.74. The van der Waals surface area contributed by atoms with E-state index in [1.54, 1.807) is 6.20 Å². The van der Waals surface area contributed by atoms with Gasteiger partial charge in [0.05, 0.1) is 0 Å². The number of halogens is 2. The molecule has 2 nitrogen and oxygen atoms in total. The van der Waals surface area contributed by atoms with E-state index in [2.05, 4.69) is 41.4 Å². The van der Waals surface area contributed by atoms with Crippen molar-refractivity contribution < 1.29 is 0 Å². The first-order chi connectivity index (χ1) is 6.02. The summed E-state index contributed by atoms with van der Waals surface area (Å²) < 4.78 is 1.06. The Hall–Kier alpha value is 0.130. The van der Waals surface area contributed by atoms with Crippen molar-refractivity contribution in [3.63, 3.8) is 0 Å². The third kappa shape index (κ3) is 2.79. The molecule has 1 aromatic heterocycles. The van der Waals surface area contributed by atoms with Gasteiger partial charge in [-0.25, -0.2) is 4.98 Å². The molecule has 0 radical (unpaired) electrons. The smallest absolute Gasteiger partial charge is 0.133 e. The van der Waals surface area contributed by atoms with Crippen LogP contribution in [0.25, 0.3) is 0 Å². The first-order valence-electron chi connectivity index (χ1n) is 4.09. The van der Waals surface area contributed by atoms with E-state index in [0.717, 1.165) is 9.13 Å². The van der Waals surface area contributed by atoms with E-state index in [0.29, 0.717) is 11.1 Å². The molecule has 0 aromatic carbocycles. The number of hydrogen-bond donors (Lipinski definition) is 1. The zero-order valence-electron chi connectivity index (χ0n) is 7.59. The molecule has 72 valence electrons. The number of nitrogens with two attached hydrogens (primary N) is 1. The van der Waals surface area contributed by atoms with Crippen LogP contribution in [0.2, 0.25) is 5.15 Å². The minimum atomic E-state index is -0.0327. The fourth-order valence-electron chi connectivity index (χ4n) is 1.03. The molecular weight excluding hydrogens is 298 g/mol. The highest BCUT2D eigenvalue weighted by Gasteiger charge is 2.14. The maximum Gasteiger partial charge on any atom is 0.133 e. The van der Waals surface area contributed by atoms with E-state index in [1.807, 2.05) is 6.07 Å². The van der Waals surface area contributed by atoms with E-state index >= 15 is 0 Å². The molecule has 0 aliphatic heterocycles. The molecule has 1 atom stereocenters. The molecular formula is C9H12ClIN2. The van der Waals surface area contributed by atoms with Gasteiger partial charge in [0, 0.05) is 21.4 Å². The molecule has 0 aliphatic rings. The number of nitrogens with zero attached hydrogens (tertiary/aromatic N) is 1. The van der Waals surface area contributed by atoms with Crippen LogP contribution in [0.1, 0.15) is 25.5 Å². The largest absolute Gasteiger partial charge is 0.324 e. The molecule has 1 aromatic rings. The molecule has 1 unspecified atom stereocenters. The average Bonchev–Trinajstić information content (AvgIpc) is 2.08. The van der Waals surface area contributed by atoms with Crippen LogP contribution in [0.5, 0.6) is 0 Å². The van der Waals surface area contributed by atoms with Gasteiger partial charge in [0.25, 0.3) is 0 Å². The minimum Gasteiger partial charge on any atom is -0.324 e. The van der Waals surface area contributed by atoms with Crippen molar-refractivity contribution in [2.45, 2.75) is 19.9 Å². The summed E-state index contributed by atoms with van der Waals surface area (Å²) in [6.07, 6.45) is 1.74. The highest BCUT2D eigenvalue weighted by Crippen LogP contribution is 2.25. The van der Waals surface area contributed by atoms with Gasteiger partial charge >= 0.3 is 0 Å². The molecule has 4 heteroatoms. The van der Waals surface area contributed by atoms with Gasteiger partial charge in [-0.2, -0.15) is 0 Å². The van der Waals surface area contributed by atoms with Crippen molar-refractivity contribution in [3.8, 4) is 0 Å². The molecule has 0 saturated carbocycles. The lowest BCUT2D eigenvalue weighted by atomic mass is 9.99. The van der Waals surface area contributed by atoms with Crippen molar-refractivity contribution in [1.29, 1.82) is 0 Å². The summed E-state index contributed by atoms with van der Waals surface area (Å²) in [6.45, 7) is 4.14. The molecule has 0 bridgehead atoms. The van der Waals surface area contributed by atoms with E-state index in [4.69, 9.17) is 17.3 Å². The zero-order chi connectivity index (χ0) is 10.0. The van der Waals surface area contributed by atoms with Gasteiger partial charge < -0.3 is 5.73 Å². The van der Waals surface area contributed by atoms with Gasteiger partial charge in [0.1, 0.15) is 5.15 Å². The van der Waals surface area contributed by atoms with Crippen molar-refractivity contribution in [2.75, 3.05) is 0 Å². The highest BCUT2D eigenvalue weighted by atomic mass is 127. The van der Waals surface area contributed by atoms with Gasteiger partial charge in [0.2, 0.25) is 0 Å². The van der Waals surface area contributed by atoms with Crippen LogP contribution in [-0.2, 0) is 0 Å². The normalized spacial score (nSPS) is 13.4. The Kier molecular flexibility index (Phi) is 3.94. The Bertz CT molecular complexity index is 302. The summed E-state index contributed by atoms with van der Waals surface area (Å²) >= 11 is 8.14. The Morgan fingerprint density at radius 3 is 2.69 bits per heavy atom. The first kappa shape index (κ1) is 11.2. The second kappa shape index (κ2) is 4.57. The zero-order valence-corrected chi connectivity index (χ0v) is 10.5. The summed E-state index contributed by atoms with van der Waals surface area (Å²) in [7, 11) is 0. The molecule has 13 heavy (non-hydrogen) atoms. The summed E-state index contributed by atoms with van der Waals surface area (Å²) in [4.78, 5) is 4.06. The minimum absolute atomic E-state index is 0.0327. The summed E-state index contributed by atoms with van der Waals surface area (Å²) in [6, 6.07) is 1.95. The van der Waals surface area contributed by atoms with Crippen LogP contribution in [0.3, 0.4) is 0 Å². The summed E-state index contributed by atoms with van der Waals surface area (Å²) in [5.74, 6) is 0.373. The predicted molar refractivity (Wildman–Crippen MR) is 63.7 cm³/mol. The number of rotatable bonds is 2. The van der Waals surface area contributed by atoms with Crippen LogP contribution < -0.4 is 5.73 Å². The SMILES string of the molecule is CC(C)C(N)c1cc(I)cnc1Cl. The molecule has 0 fully saturated rings. The van der Waals surface area contributed by atoms with Crippen LogP contribution in [-0.4, -0.2) is 4.98 Å². The van der Waals surface area contributed by atoms with Crippen LogP contribution in [0.15, 0.2) is 12.3 Å². The molecule has 1 heterocycles. The van der Waals surface area contributed by atoms with Crippen molar-refractivity contribution in [3.05, 3.63) is 26.5 Å². The highest BCUT2D eigenvalue weighted by molar-refractivity contribution is 14.1. The third-order valence-corrected chi connectivity index (χ3v) is 2.82. The van der Waals surface area contributed by atoms with Crippen LogP contribution >= 0.6 is 34.2 Å². The van der Waals surface area contributed by atoms with E-state index in [9.17, 15) is 0 Å². The summed E-state index contributed by atoms with van der Waals surface area (Å²) in [5.41, 5.74) is 6.91. The first-order valence-corrected chi connectivity index (χ1v) is 5.54. The van der Waals surface area contributed by atoms with E-state index in [-0.39, 0.29) is 6.04 Å². The molecule has 0 spiro atoms. The number of hydrogen-bond acceptors (Lipinski definition) is 2. The van der Waals surface area contributed by atoms with Gasteiger partial charge in [-0.1, -0.05) is 25.4 Å². The topological polar surface area (TPSA) is 38.9 Å². The molecule has 2 N–H and O–H groups in total. The third-order valence-electron chi connectivity index (χ3n) is 1.91. The predicted octanol–water partition coefficient (Wildman–Crippen LogP) is 3.00. The van der Waals surface area contributed by atoms with Crippen molar-refractivity contribution >= 4 is 34.2 Å². The lowest BCUT2D eigenvalue weighted by molar-refractivity contribution is 0.513. The fraction of sp³-hybridized carbons (Fsp3) is 0.444. The van der Waals surface area contributed by atoms with Gasteiger partial charge in [0.15, 0.2) is 0 Å². The molecule has 0 aliphatic carbocycles. The van der Waals surface area contributed by atoms with Gasteiger partial charge in [-0.15, -0.1) is 0 Å². The number of aromatic nitrogens is 1.